The van der Waals surface area contributed by atoms with Crippen LogP contribution in [0.15, 0.2) is 36.0 Å². The number of carbonyl (C=O) groups excluding carboxylic acids is 1. The molecular formula is C17H15N3OS2. The van der Waals surface area contributed by atoms with Crippen LogP contribution in [0.1, 0.15) is 33.0 Å². The van der Waals surface area contributed by atoms with Gasteiger partial charge in [0, 0.05) is 28.2 Å². The summed E-state index contributed by atoms with van der Waals surface area (Å²) in [6.07, 6.45) is 8.15. The molecule has 0 aliphatic heterocycles. The van der Waals surface area contributed by atoms with Gasteiger partial charge in [0.1, 0.15) is 0 Å². The van der Waals surface area contributed by atoms with Crippen LogP contribution in [-0.4, -0.2) is 15.9 Å². The third-order valence-electron chi connectivity index (χ3n) is 3.92. The molecule has 3 aromatic rings. The van der Waals surface area contributed by atoms with Crippen LogP contribution in [0.3, 0.4) is 0 Å². The fraction of sp³-hybridized carbons (Fsp3) is 0.235. The zero-order valence-corrected chi connectivity index (χ0v) is 14.0. The Bertz CT molecular complexity index is 815. The van der Waals surface area contributed by atoms with Crippen LogP contribution >= 0.6 is 22.7 Å². The van der Waals surface area contributed by atoms with E-state index in [-0.39, 0.29) is 5.91 Å². The minimum absolute atomic E-state index is 0.0555. The van der Waals surface area contributed by atoms with Gasteiger partial charge in [-0.25, -0.2) is 4.98 Å². The number of fused-ring (bicyclic) bond motifs is 1. The van der Waals surface area contributed by atoms with Crippen LogP contribution in [0, 0.1) is 0 Å². The van der Waals surface area contributed by atoms with E-state index in [1.54, 1.807) is 23.7 Å². The van der Waals surface area contributed by atoms with Crippen molar-refractivity contribution in [1.29, 1.82) is 0 Å². The molecule has 0 fully saturated rings. The Kier molecular flexibility index (Phi) is 3.93. The molecule has 0 aromatic carbocycles. The maximum absolute atomic E-state index is 12.4. The molecule has 116 valence electrons. The SMILES string of the molecule is O=C(Nc1nc(-c2ccncc2)cs1)c1cc2c(s1)CCCC2. The summed E-state index contributed by atoms with van der Waals surface area (Å²) in [6, 6.07) is 5.87. The highest BCUT2D eigenvalue weighted by molar-refractivity contribution is 7.15. The molecule has 23 heavy (non-hydrogen) atoms. The van der Waals surface area contributed by atoms with Gasteiger partial charge >= 0.3 is 0 Å². The first-order chi connectivity index (χ1) is 11.3. The summed E-state index contributed by atoms with van der Waals surface area (Å²) in [5, 5.41) is 5.50. The summed E-state index contributed by atoms with van der Waals surface area (Å²) < 4.78 is 0. The first-order valence-corrected chi connectivity index (χ1v) is 9.28. The number of anilines is 1. The Balaban J connectivity index is 1.51. The smallest absolute Gasteiger partial charge is 0.267 e. The Morgan fingerprint density at radius 3 is 2.83 bits per heavy atom. The fourth-order valence-corrected chi connectivity index (χ4v) is 4.61. The molecule has 4 rings (SSSR count). The van der Waals surface area contributed by atoms with Gasteiger partial charge in [-0.15, -0.1) is 22.7 Å². The van der Waals surface area contributed by atoms with Gasteiger partial charge in [-0.1, -0.05) is 0 Å². The number of aromatic nitrogens is 2. The van der Waals surface area contributed by atoms with Crippen molar-refractivity contribution >= 4 is 33.7 Å². The van der Waals surface area contributed by atoms with E-state index in [0.29, 0.717) is 5.13 Å². The first-order valence-electron chi connectivity index (χ1n) is 7.58. The number of thiophene rings is 1. The molecule has 3 aromatic heterocycles. The third-order valence-corrected chi connectivity index (χ3v) is 5.91. The number of nitrogens with one attached hydrogen (secondary N) is 1. The monoisotopic (exact) mass is 341 g/mol. The van der Waals surface area contributed by atoms with E-state index in [1.165, 1.54) is 34.6 Å². The molecule has 0 atom stereocenters. The van der Waals surface area contributed by atoms with Crippen molar-refractivity contribution in [3.63, 3.8) is 0 Å². The normalized spacial score (nSPS) is 13.6. The molecule has 4 nitrogen and oxygen atoms in total. The van der Waals surface area contributed by atoms with E-state index in [0.717, 1.165) is 29.0 Å². The molecule has 0 radical (unpaired) electrons. The molecule has 1 amide bonds. The van der Waals surface area contributed by atoms with Crippen molar-refractivity contribution < 1.29 is 4.79 Å². The second-order valence-corrected chi connectivity index (χ2v) is 7.49. The van der Waals surface area contributed by atoms with Crippen molar-refractivity contribution in [3.8, 4) is 11.3 Å². The van der Waals surface area contributed by atoms with Crippen molar-refractivity contribution in [2.45, 2.75) is 25.7 Å². The summed E-state index contributed by atoms with van der Waals surface area (Å²) in [6.45, 7) is 0. The fourth-order valence-electron chi connectivity index (χ4n) is 2.75. The van der Waals surface area contributed by atoms with E-state index in [4.69, 9.17) is 0 Å². The minimum Gasteiger partial charge on any atom is -0.297 e. The molecule has 1 aliphatic carbocycles. The molecule has 0 spiro atoms. The lowest BCUT2D eigenvalue weighted by Crippen LogP contribution is -2.09. The Morgan fingerprint density at radius 2 is 2.00 bits per heavy atom. The molecule has 0 saturated carbocycles. The number of nitrogens with zero attached hydrogens (tertiary/aromatic N) is 2. The van der Waals surface area contributed by atoms with Crippen LogP contribution in [0.2, 0.25) is 0 Å². The van der Waals surface area contributed by atoms with Gasteiger partial charge in [-0.05, 0) is 49.4 Å². The highest BCUT2D eigenvalue weighted by atomic mass is 32.1. The van der Waals surface area contributed by atoms with E-state index < -0.39 is 0 Å². The number of pyridine rings is 1. The topological polar surface area (TPSA) is 54.9 Å². The minimum atomic E-state index is -0.0555. The van der Waals surface area contributed by atoms with E-state index in [2.05, 4.69) is 15.3 Å². The number of hydrogen-bond acceptors (Lipinski definition) is 5. The summed E-state index contributed by atoms with van der Waals surface area (Å²) in [4.78, 5) is 23.1. The van der Waals surface area contributed by atoms with Crippen LogP contribution in [0.25, 0.3) is 11.3 Å². The zero-order valence-electron chi connectivity index (χ0n) is 12.4. The molecular weight excluding hydrogens is 326 g/mol. The molecule has 0 unspecified atom stereocenters. The Morgan fingerprint density at radius 1 is 1.17 bits per heavy atom. The maximum atomic E-state index is 12.4. The maximum Gasteiger partial charge on any atom is 0.267 e. The van der Waals surface area contributed by atoms with Gasteiger partial charge in [-0.2, -0.15) is 0 Å². The van der Waals surface area contributed by atoms with Crippen LogP contribution in [0.5, 0.6) is 0 Å². The van der Waals surface area contributed by atoms with Crippen molar-refractivity contribution in [3.05, 3.63) is 51.3 Å². The lowest BCUT2D eigenvalue weighted by Gasteiger charge is -2.08. The second-order valence-electron chi connectivity index (χ2n) is 5.49. The van der Waals surface area contributed by atoms with E-state index >= 15 is 0 Å². The zero-order chi connectivity index (χ0) is 15.6. The molecule has 1 aliphatic rings. The van der Waals surface area contributed by atoms with Crippen molar-refractivity contribution in [2.75, 3.05) is 5.32 Å². The number of carbonyl (C=O) groups is 1. The number of rotatable bonds is 3. The highest BCUT2D eigenvalue weighted by Gasteiger charge is 2.18. The van der Waals surface area contributed by atoms with Gasteiger partial charge in [0.15, 0.2) is 5.13 Å². The van der Waals surface area contributed by atoms with Gasteiger partial charge in [0.25, 0.3) is 5.91 Å². The summed E-state index contributed by atoms with van der Waals surface area (Å²) in [5.41, 5.74) is 3.21. The third kappa shape index (κ3) is 3.04. The van der Waals surface area contributed by atoms with E-state index in [9.17, 15) is 4.79 Å². The largest absolute Gasteiger partial charge is 0.297 e. The molecule has 1 N–H and O–H groups in total. The average molecular weight is 341 g/mol. The van der Waals surface area contributed by atoms with Crippen LogP contribution in [0.4, 0.5) is 5.13 Å². The number of hydrogen-bond donors (Lipinski definition) is 1. The van der Waals surface area contributed by atoms with Crippen molar-refractivity contribution in [2.24, 2.45) is 0 Å². The predicted molar refractivity (Wildman–Crippen MR) is 94.3 cm³/mol. The Labute approximate surface area is 142 Å². The lowest BCUT2D eigenvalue weighted by atomic mass is 9.99. The number of thiazole rings is 1. The number of amides is 1. The van der Waals surface area contributed by atoms with Gasteiger partial charge in [-0.3, -0.25) is 15.1 Å². The molecule has 0 bridgehead atoms. The van der Waals surface area contributed by atoms with Crippen LogP contribution < -0.4 is 5.32 Å². The first kappa shape index (κ1) is 14.5. The van der Waals surface area contributed by atoms with Gasteiger partial charge in [0.05, 0.1) is 10.6 Å². The lowest BCUT2D eigenvalue weighted by molar-refractivity contribution is 0.103. The quantitative estimate of drug-likeness (QED) is 0.768. The summed E-state index contributed by atoms with van der Waals surface area (Å²) in [5.74, 6) is -0.0555. The average Bonchev–Trinajstić information content (AvgIpc) is 3.22. The second kappa shape index (κ2) is 6.22. The van der Waals surface area contributed by atoms with E-state index in [1.807, 2.05) is 23.6 Å². The molecule has 6 heteroatoms. The highest BCUT2D eigenvalue weighted by Crippen LogP contribution is 2.31. The van der Waals surface area contributed by atoms with Gasteiger partial charge < -0.3 is 0 Å². The van der Waals surface area contributed by atoms with Crippen molar-refractivity contribution in [1.82, 2.24) is 9.97 Å². The van der Waals surface area contributed by atoms with Gasteiger partial charge in [0.2, 0.25) is 0 Å². The predicted octanol–water partition coefficient (Wildman–Crippen LogP) is 4.40. The van der Waals surface area contributed by atoms with Crippen LogP contribution in [-0.2, 0) is 12.8 Å². The standard InChI is InChI=1S/C17H15N3OS2/c21-16(15-9-12-3-1-2-4-14(12)23-15)20-17-19-13(10-22-17)11-5-7-18-8-6-11/h5-10H,1-4H2,(H,19,20,21). The summed E-state index contributed by atoms with van der Waals surface area (Å²) >= 11 is 3.07. The molecule has 3 heterocycles. The summed E-state index contributed by atoms with van der Waals surface area (Å²) in [7, 11) is 0. The number of aryl methyl sites for hydroxylation is 2. The Hall–Kier alpha value is -2.05. The molecule has 0 saturated heterocycles.